The zero-order valence-electron chi connectivity index (χ0n) is 17.7. The van der Waals surface area contributed by atoms with Gasteiger partial charge in [0.05, 0.1) is 13.0 Å². The number of nitrogens with one attached hydrogen (secondary N) is 1. The Kier molecular flexibility index (Phi) is 7.39. The van der Waals surface area contributed by atoms with Crippen LogP contribution in [-0.4, -0.2) is 35.6 Å². The maximum atomic E-state index is 14.0. The van der Waals surface area contributed by atoms with Crippen LogP contribution in [0.15, 0.2) is 91.0 Å². The van der Waals surface area contributed by atoms with Crippen molar-refractivity contribution in [2.24, 2.45) is 0 Å². The summed E-state index contributed by atoms with van der Waals surface area (Å²) in [5.74, 6) is -2.54. The molecule has 0 aliphatic carbocycles. The third-order valence-electron chi connectivity index (χ3n) is 5.24. The molecule has 3 rings (SSSR count). The van der Waals surface area contributed by atoms with Gasteiger partial charge in [-0.15, -0.1) is 0 Å². The Morgan fingerprint density at radius 3 is 1.56 bits per heavy atom. The van der Waals surface area contributed by atoms with E-state index in [9.17, 15) is 19.5 Å². The SMILES string of the molecule is CCOC(=O)C[C@H](NC(=O)C(c1ccccc1)(c1ccccc1)c1ccccc1)C(=O)O. The van der Waals surface area contributed by atoms with Crippen molar-refractivity contribution in [2.75, 3.05) is 6.61 Å². The quantitative estimate of drug-likeness (QED) is 0.399. The second kappa shape index (κ2) is 10.4. The molecule has 0 aliphatic rings. The molecule has 3 aromatic carbocycles. The Morgan fingerprint density at radius 2 is 1.22 bits per heavy atom. The summed E-state index contributed by atoms with van der Waals surface area (Å²) in [4.78, 5) is 37.8. The van der Waals surface area contributed by atoms with Crippen molar-refractivity contribution in [3.8, 4) is 0 Å². The summed E-state index contributed by atoms with van der Waals surface area (Å²) in [6.45, 7) is 1.76. The minimum absolute atomic E-state index is 0.126. The molecule has 0 saturated heterocycles. The number of rotatable bonds is 9. The molecule has 0 unspecified atom stereocenters. The van der Waals surface area contributed by atoms with Gasteiger partial charge in [-0.2, -0.15) is 0 Å². The Balaban J connectivity index is 2.17. The smallest absolute Gasteiger partial charge is 0.326 e. The van der Waals surface area contributed by atoms with E-state index in [1.807, 2.05) is 91.0 Å². The molecule has 6 heteroatoms. The lowest BCUT2D eigenvalue weighted by atomic mass is 9.68. The second-order valence-corrected chi connectivity index (χ2v) is 7.22. The van der Waals surface area contributed by atoms with Gasteiger partial charge >= 0.3 is 11.9 Å². The van der Waals surface area contributed by atoms with Crippen LogP contribution in [0.2, 0.25) is 0 Å². The first kappa shape index (κ1) is 22.7. The normalized spacial score (nSPS) is 11.9. The lowest BCUT2D eigenvalue weighted by Crippen LogP contribution is -2.52. The van der Waals surface area contributed by atoms with Crippen LogP contribution in [0.3, 0.4) is 0 Å². The zero-order valence-corrected chi connectivity index (χ0v) is 17.7. The molecule has 164 valence electrons. The molecule has 0 saturated carbocycles. The van der Waals surface area contributed by atoms with Gasteiger partial charge in [0.25, 0.3) is 0 Å². The molecular formula is C26H25NO5. The number of aliphatic carboxylic acids is 1. The van der Waals surface area contributed by atoms with E-state index < -0.39 is 35.7 Å². The van der Waals surface area contributed by atoms with Crippen molar-refractivity contribution in [1.82, 2.24) is 5.32 Å². The lowest BCUT2D eigenvalue weighted by Gasteiger charge is -2.35. The summed E-state index contributed by atoms with van der Waals surface area (Å²) >= 11 is 0. The van der Waals surface area contributed by atoms with Crippen molar-refractivity contribution >= 4 is 17.8 Å². The Bertz CT molecular complexity index is 955. The highest BCUT2D eigenvalue weighted by Gasteiger charge is 2.45. The lowest BCUT2D eigenvalue weighted by molar-refractivity contribution is -0.150. The van der Waals surface area contributed by atoms with Gasteiger partial charge in [-0.1, -0.05) is 91.0 Å². The summed E-state index contributed by atoms with van der Waals surface area (Å²) in [6, 6.07) is 26.1. The fraction of sp³-hybridized carbons (Fsp3) is 0.192. The van der Waals surface area contributed by atoms with Crippen LogP contribution in [0.25, 0.3) is 0 Å². The first-order valence-corrected chi connectivity index (χ1v) is 10.4. The van der Waals surface area contributed by atoms with E-state index in [-0.39, 0.29) is 6.61 Å². The summed E-state index contributed by atoms with van der Waals surface area (Å²) in [5, 5.41) is 12.3. The molecule has 1 amide bonds. The third kappa shape index (κ3) is 4.70. The summed E-state index contributed by atoms with van der Waals surface area (Å²) in [5.41, 5.74) is 0.701. The molecular weight excluding hydrogens is 406 g/mol. The highest BCUT2D eigenvalue weighted by atomic mass is 16.5. The van der Waals surface area contributed by atoms with Crippen molar-refractivity contribution in [3.05, 3.63) is 108 Å². The van der Waals surface area contributed by atoms with E-state index in [0.29, 0.717) is 16.7 Å². The zero-order chi connectivity index (χ0) is 23.0. The van der Waals surface area contributed by atoms with Gasteiger partial charge in [0.2, 0.25) is 5.91 Å². The average Bonchev–Trinajstić information content (AvgIpc) is 2.81. The minimum Gasteiger partial charge on any atom is -0.480 e. The van der Waals surface area contributed by atoms with E-state index in [2.05, 4.69) is 5.32 Å². The van der Waals surface area contributed by atoms with Crippen molar-refractivity contribution in [3.63, 3.8) is 0 Å². The van der Waals surface area contributed by atoms with Crippen LogP contribution in [0.4, 0.5) is 0 Å². The minimum atomic E-state index is -1.43. The van der Waals surface area contributed by atoms with Gasteiger partial charge in [0.15, 0.2) is 0 Å². The number of ether oxygens (including phenoxy) is 1. The van der Waals surface area contributed by atoms with Crippen LogP contribution in [-0.2, 0) is 24.5 Å². The third-order valence-corrected chi connectivity index (χ3v) is 5.24. The van der Waals surface area contributed by atoms with Gasteiger partial charge in [0, 0.05) is 0 Å². The molecule has 2 N–H and O–H groups in total. The summed E-state index contributed by atoms with van der Waals surface area (Å²) in [6.07, 6.45) is -0.469. The number of hydrogen-bond acceptors (Lipinski definition) is 4. The second-order valence-electron chi connectivity index (χ2n) is 7.22. The molecule has 3 aromatic rings. The van der Waals surface area contributed by atoms with Gasteiger partial charge in [0.1, 0.15) is 11.5 Å². The molecule has 0 aliphatic heterocycles. The van der Waals surface area contributed by atoms with Gasteiger partial charge in [-0.25, -0.2) is 4.79 Å². The van der Waals surface area contributed by atoms with E-state index >= 15 is 0 Å². The maximum absolute atomic E-state index is 14.0. The van der Waals surface area contributed by atoms with Gasteiger partial charge in [-0.05, 0) is 23.6 Å². The maximum Gasteiger partial charge on any atom is 0.326 e. The molecule has 0 fully saturated rings. The predicted molar refractivity (Wildman–Crippen MR) is 120 cm³/mol. The number of hydrogen-bond donors (Lipinski definition) is 2. The van der Waals surface area contributed by atoms with Crippen molar-refractivity contribution < 1.29 is 24.2 Å². The predicted octanol–water partition coefficient (Wildman–Crippen LogP) is 3.54. The summed E-state index contributed by atoms with van der Waals surface area (Å²) < 4.78 is 4.89. The van der Waals surface area contributed by atoms with Crippen LogP contribution in [0.1, 0.15) is 30.0 Å². The van der Waals surface area contributed by atoms with Crippen LogP contribution in [0.5, 0.6) is 0 Å². The first-order chi connectivity index (χ1) is 15.5. The molecule has 32 heavy (non-hydrogen) atoms. The number of carbonyl (C=O) groups excluding carboxylic acids is 2. The van der Waals surface area contributed by atoms with Crippen LogP contribution in [0, 0.1) is 0 Å². The topological polar surface area (TPSA) is 92.7 Å². The number of benzene rings is 3. The van der Waals surface area contributed by atoms with E-state index in [4.69, 9.17) is 4.74 Å². The van der Waals surface area contributed by atoms with Crippen LogP contribution < -0.4 is 5.32 Å². The number of esters is 1. The van der Waals surface area contributed by atoms with Gasteiger partial charge in [-0.3, -0.25) is 9.59 Å². The molecule has 0 aromatic heterocycles. The number of carboxylic acid groups (broad SMARTS) is 1. The summed E-state index contributed by atoms with van der Waals surface area (Å²) in [7, 11) is 0. The highest BCUT2D eigenvalue weighted by Crippen LogP contribution is 2.39. The fourth-order valence-corrected chi connectivity index (χ4v) is 3.81. The number of amides is 1. The van der Waals surface area contributed by atoms with E-state index in [0.717, 1.165) is 0 Å². The fourth-order valence-electron chi connectivity index (χ4n) is 3.81. The molecule has 0 bridgehead atoms. The molecule has 1 atom stereocenters. The van der Waals surface area contributed by atoms with E-state index in [1.54, 1.807) is 6.92 Å². The Hall–Kier alpha value is -3.93. The largest absolute Gasteiger partial charge is 0.480 e. The highest BCUT2D eigenvalue weighted by molar-refractivity contribution is 5.98. The average molecular weight is 431 g/mol. The number of carbonyl (C=O) groups is 3. The molecule has 0 heterocycles. The molecule has 6 nitrogen and oxygen atoms in total. The van der Waals surface area contributed by atoms with Crippen LogP contribution >= 0.6 is 0 Å². The first-order valence-electron chi connectivity index (χ1n) is 10.4. The Morgan fingerprint density at radius 1 is 0.812 bits per heavy atom. The van der Waals surface area contributed by atoms with Crippen molar-refractivity contribution in [1.29, 1.82) is 0 Å². The van der Waals surface area contributed by atoms with Gasteiger partial charge < -0.3 is 15.2 Å². The molecule has 0 radical (unpaired) electrons. The Labute approximate surface area is 186 Å². The number of carboxylic acids is 1. The van der Waals surface area contributed by atoms with Crippen molar-refractivity contribution in [2.45, 2.75) is 24.8 Å². The van der Waals surface area contributed by atoms with E-state index in [1.165, 1.54) is 0 Å². The standard InChI is InChI=1S/C26H25NO5/c1-2-32-23(28)18-22(24(29)30)27-25(31)26(19-12-6-3-7-13-19,20-14-8-4-9-15-20)21-16-10-5-11-17-21/h3-17,22H,2,18H2,1H3,(H,27,31)(H,29,30)/t22-/m0/s1. The molecule has 0 spiro atoms. The monoisotopic (exact) mass is 431 g/mol.